The van der Waals surface area contributed by atoms with Crippen molar-refractivity contribution in [2.45, 2.75) is 6.92 Å². The monoisotopic (exact) mass is 447 g/mol. The number of amides is 1. The van der Waals surface area contributed by atoms with Gasteiger partial charge in [0.15, 0.2) is 0 Å². The Kier molecular flexibility index (Phi) is 5.33. The number of anilines is 1. The highest BCUT2D eigenvalue weighted by molar-refractivity contribution is 5.94. The average molecular weight is 447 g/mol. The molecule has 0 bridgehead atoms. The van der Waals surface area contributed by atoms with E-state index in [1.165, 1.54) is 12.1 Å². The summed E-state index contributed by atoms with van der Waals surface area (Å²) in [6, 6.07) is 11.7. The van der Waals surface area contributed by atoms with E-state index in [9.17, 15) is 9.18 Å². The van der Waals surface area contributed by atoms with Crippen LogP contribution in [-0.4, -0.2) is 61.9 Å². The summed E-state index contributed by atoms with van der Waals surface area (Å²) in [7, 11) is 1.74. The van der Waals surface area contributed by atoms with Crippen LogP contribution in [0.25, 0.3) is 22.6 Å². The van der Waals surface area contributed by atoms with Crippen LogP contribution in [0, 0.1) is 12.7 Å². The van der Waals surface area contributed by atoms with E-state index in [0.29, 0.717) is 49.3 Å². The molecule has 1 amide bonds. The molecule has 1 aromatic carbocycles. The Morgan fingerprint density at radius 1 is 1.03 bits per heavy atom. The second-order valence-electron chi connectivity index (χ2n) is 7.87. The third-order valence-electron chi connectivity index (χ3n) is 5.66. The highest BCUT2D eigenvalue weighted by Crippen LogP contribution is 2.22. The van der Waals surface area contributed by atoms with E-state index >= 15 is 0 Å². The first-order valence-corrected chi connectivity index (χ1v) is 10.6. The summed E-state index contributed by atoms with van der Waals surface area (Å²) in [5, 5.41) is 8.34. The van der Waals surface area contributed by atoms with E-state index in [4.69, 9.17) is 4.52 Å². The standard InChI is InChI=1S/C23H22FN7O2/c1-15-26-22(28-33-15)17-5-8-21(25-14-17)30-9-11-31(12-10-30)23(32)20-13-19(27-29(20)2)16-3-6-18(24)7-4-16/h3-8,13-14H,9-12H2,1-2H3. The maximum Gasteiger partial charge on any atom is 0.272 e. The Morgan fingerprint density at radius 2 is 1.76 bits per heavy atom. The van der Waals surface area contributed by atoms with Crippen LogP contribution in [0.4, 0.5) is 10.2 Å². The van der Waals surface area contributed by atoms with Crippen LogP contribution >= 0.6 is 0 Å². The first-order chi connectivity index (χ1) is 16.0. The Labute approximate surface area is 189 Å². The molecule has 3 aromatic heterocycles. The molecule has 168 valence electrons. The van der Waals surface area contributed by atoms with E-state index < -0.39 is 0 Å². The summed E-state index contributed by atoms with van der Waals surface area (Å²) in [6.45, 7) is 4.23. The predicted octanol–water partition coefficient (Wildman–Crippen LogP) is 2.94. The summed E-state index contributed by atoms with van der Waals surface area (Å²) in [4.78, 5) is 25.8. The number of benzene rings is 1. The van der Waals surface area contributed by atoms with Gasteiger partial charge >= 0.3 is 0 Å². The van der Waals surface area contributed by atoms with Gasteiger partial charge in [-0.05, 0) is 42.5 Å². The van der Waals surface area contributed by atoms with Gasteiger partial charge in [-0.15, -0.1) is 0 Å². The van der Waals surface area contributed by atoms with Crippen molar-refractivity contribution in [3.63, 3.8) is 0 Å². The number of halogens is 1. The molecule has 0 spiro atoms. The largest absolute Gasteiger partial charge is 0.353 e. The van der Waals surface area contributed by atoms with E-state index in [1.54, 1.807) is 43.0 Å². The molecule has 1 saturated heterocycles. The van der Waals surface area contributed by atoms with E-state index in [0.717, 1.165) is 16.9 Å². The molecule has 4 aromatic rings. The first kappa shape index (κ1) is 20.8. The molecule has 0 unspecified atom stereocenters. The van der Waals surface area contributed by atoms with Gasteiger partial charge in [-0.1, -0.05) is 5.16 Å². The molecule has 0 aliphatic carbocycles. The number of carbonyl (C=O) groups excluding carboxylic acids is 1. The van der Waals surface area contributed by atoms with Crippen molar-refractivity contribution in [3.8, 4) is 22.6 Å². The summed E-state index contributed by atoms with van der Waals surface area (Å²) >= 11 is 0. The number of rotatable bonds is 4. The molecule has 1 aliphatic rings. The second-order valence-corrected chi connectivity index (χ2v) is 7.87. The highest BCUT2D eigenvalue weighted by atomic mass is 19.1. The Hall–Kier alpha value is -4.08. The quantitative estimate of drug-likeness (QED) is 0.475. The first-order valence-electron chi connectivity index (χ1n) is 10.6. The molecular formula is C23H22FN7O2. The lowest BCUT2D eigenvalue weighted by molar-refractivity contribution is 0.0735. The Bertz CT molecular complexity index is 1270. The van der Waals surface area contributed by atoms with Crippen molar-refractivity contribution in [2.75, 3.05) is 31.1 Å². The van der Waals surface area contributed by atoms with Crippen LogP contribution in [0.15, 0.2) is 53.2 Å². The van der Waals surface area contributed by atoms with Crippen LogP contribution in [0.3, 0.4) is 0 Å². The van der Waals surface area contributed by atoms with Gasteiger partial charge in [0.1, 0.15) is 17.3 Å². The lowest BCUT2D eigenvalue weighted by atomic mass is 10.1. The number of pyridine rings is 1. The number of aryl methyl sites for hydroxylation is 2. The topological polar surface area (TPSA) is 93.2 Å². The van der Waals surface area contributed by atoms with Gasteiger partial charge in [-0.2, -0.15) is 10.1 Å². The fraction of sp³-hybridized carbons (Fsp3) is 0.261. The number of nitrogens with zero attached hydrogens (tertiary/aromatic N) is 7. The Morgan fingerprint density at radius 3 is 2.39 bits per heavy atom. The van der Waals surface area contributed by atoms with Crippen molar-refractivity contribution in [2.24, 2.45) is 7.05 Å². The zero-order valence-electron chi connectivity index (χ0n) is 18.3. The summed E-state index contributed by atoms with van der Waals surface area (Å²) in [6.07, 6.45) is 1.73. The van der Waals surface area contributed by atoms with Crippen LogP contribution in [0.5, 0.6) is 0 Å². The number of hydrogen-bond donors (Lipinski definition) is 0. The lowest BCUT2D eigenvalue weighted by Crippen LogP contribution is -2.49. The molecule has 33 heavy (non-hydrogen) atoms. The third-order valence-corrected chi connectivity index (χ3v) is 5.66. The van der Waals surface area contributed by atoms with E-state index in [2.05, 4.69) is 25.1 Å². The summed E-state index contributed by atoms with van der Waals surface area (Å²) in [5.74, 6) is 1.48. The van der Waals surface area contributed by atoms with Crippen molar-refractivity contribution in [1.82, 2.24) is 29.8 Å². The van der Waals surface area contributed by atoms with Crippen molar-refractivity contribution >= 4 is 11.7 Å². The molecule has 9 nitrogen and oxygen atoms in total. The minimum absolute atomic E-state index is 0.0752. The smallest absolute Gasteiger partial charge is 0.272 e. The highest BCUT2D eigenvalue weighted by Gasteiger charge is 2.25. The Balaban J connectivity index is 1.24. The van der Waals surface area contributed by atoms with E-state index in [-0.39, 0.29) is 11.7 Å². The summed E-state index contributed by atoms with van der Waals surface area (Å²) < 4.78 is 19.8. The number of aromatic nitrogens is 5. The normalized spacial score (nSPS) is 14.0. The van der Waals surface area contributed by atoms with Gasteiger partial charge < -0.3 is 14.3 Å². The molecule has 0 N–H and O–H groups in total. The molecule has 0 atom stereocenters. The molecular weight excluding hydrogens is 425 g/mol. The van der Waals surface area contributed by atoms with Crippen molar-refractivity contribution < 1.29 is 13.7 Å². The molecule has 4 heterocycles. The van der Waals surface area contributed by atoms with Crippen LogP contribution in [0.2, 0.25) is 0 Å². The molecule has 1 fully saturated rings. The third kappa shape index (κ3) is 4.19. The van der Waals surface area contributed by atoms with Gasteiger partial charge in [0.05, 0.1) is 5.69 Å². The van der Waals surface area contributed by atoms with Crippen LogP contribution in [0.1, 0.15) is 16.4 Å². The fourth-order valence-corrected chi connectivity index (χ4v) is 3.85. The molecule has 10 heteroatoms. The zero-order chi connectivity index (χ0) is 22.9. The van der Waals surface area contributed by atoms with Gasteiger partial charge in [0.25, 0.3) is 5.91 Å². The van der Waals surface area contributed by atoms with Crippen molar-refractivity contribution in [3.05, 3.63) is 66.1 Å². The maximum atomic E-state index is 13.2. The average Bonchev–Trinajstić information content (AvgIpc) is 3.45. The van der Waals surface area contributed by atoms with Crippen LogP contribution < -0.4 is 4.90 Å². The van der Waals surface area contributed by atoms with Gasteiger partial charge in [0, 0.05) is 57.5 Å². The SMILES string of the molecule is Cc1nc(-c2ccc(N3CCN(C(=O)c4cc(-c5ccc(F)cc5)nn4C)CC3)nc2)no1. The van der Waals surface area contributed by atoms with Gasteiger partial charge in [-0.3, -0.25) is 9.48 Å². The molecule has 0 saturated carbocycles. The fourth-order valence-electron chi connectivity index (χ4n) is 3.85. The van der Waals surface area contributed by atoms with Crippen LogP contribution in [-0.2, 0) is 7.05 Å². The minimum Gasteiger partial charge on any atom is -0.353 e. The lowest BCUT2D eigenvalue weighted by Gasteiger charge is -2.35. The predicted molar refractivity (Wildman–Crippen MR) is 119 cm³/mol. The van der Waals surface area contributed by atoms with E-state index in [1.807, 2.05) is 17.0 Å². The molecule has 0 radical (unpaired) electrons. The van der Waals surface area contributed by atoms with Gasteiger partial charge in [-0.25, -0.2) is 9.37 Å². The maximum absolute atomic E-state index is 13.2. The number of piperazine rings is 1. The second kappa shape index (κ2) is 8.45. The molecule has 5 rings (SSSR count). The minimum atomic E-state index is -0.308. The molecule has 1 aliphatic heterocycles. The van der Waals surface area contributed by atoms with Crippen molar-refractivity contribution in [1.29, 1.82) is 0 Å². The zero-order valence-corrected chi connectivity index (χ0v) is 18.3. The number of carbonyl (C=O) groups is 1. The van der Waals surface area contributed by atoms with Gasteiger partial charge in [0.2, 0.25) is 11.7 Å². The number of hydrogen-bond acceptors (Lipinski definition) is 7. The summed E-state index contributed by atoms with van der Waals surface area (Å²) in [5.41, 5.74) is 2.69.